The summed E-state index contributed by atoms with van der Waals surface area (Å²) in [6.07, 6.45) is 0. The molecule has 0 saturated heterocycles. The minimum absolute atomic E-state index is 0.228. The SMILES string of the molecule is Cc1nnc(NS(=O)(=O)c2cc(CN)cc(C)c2C)s1. The van der Waals surface area contributed by atoms with Crippen molar-refractivity contribution in [2.45, 2.75) is 32.2 Å². The molecule has 0 saturated carbocycles. The predicted molar refractivity (Wildman–Crippen MR) is 79.3 cm³/mol. The van der Waals surface area contributed by atoms with Gasteiger partial charge in [0, 0.05) is 6.54 Å². The van der Waals surface area contributed by atoms with Crippen LogP contribution in [0.4, 0.5) is 5.13 Å². The number of sulfonamides is 1. The van der Waals surface area contributed by atoms with Crippen LogP contribution in [0.2, 0.25) is 0 Å². The molecule has 0 aliphatic heterocycles. The molecule has 0 amide bonds. The molecule has 2 aromatic rings. The van der Waals surface area contributed by atoms with Gasteiger partial charge in [0.25, 0.3) is 10.0 Å². The molecule has 2 rings (SSSR count). The topological polar surface area (TPSA) is 98.0 Å². The normalized spacial score (nSPS) is 11.6. The number of aromatic nitrogens is 2. The van der Waals surface area contributed by atoms with Crippen molar-refractivity contribution in [2.24, 2.45) is 5.73 Å². The van der Waals surface area contributed by atoms with E-state index >= 15 is 0 Å². The number of benzene rings is 1. The Balaban J connectivity index is 2.46. The number of nitrogens with zero attached hydrogens (tertiary/aromatic N) is 2. The number of anilines is 1. The summed E-state index contributed by atoms with van der Waals surface area (Å²) in [7, 11) is -3.68. The van der Waals surface area contributed by atoms with Crippen LogP contribution >= 0.6 is 11.3 Å². The smallest absolute Gasteiger partial charge is 0.263 e. The number of hydrogen-bond donors (Lipinski definition) is 2. The maximum atomic E-state index is 12.4. The Labute approximate surface area is 122 Å². The van der Waals surface area contributed by atoms with Gasteiger partial charge >= 0.3 is 0 Å². The lowest BCUT2D eigenvalue weighted by Gasteiger charge is -2.12. The van der Waals surface area contributed by atoms with E-state index in [0.29, 0.717) is 17.1 Å². The van der Waals surface area contributed by atoms with Crippen LogP contribution in [0.5, 0.6) is 0 Å². The number of hydrogen-bond acceptors (Lipinski definition) is 6. The van der Waals surface area contributed by atoms with Crippen LogP contribution in [0.1, 0.15) is 21.7 Å². The lowest BCUT2D eigenvalue weighted by atomic mass is 10.1. The average Bonchev–Trinajstić information content (AvgIpc) is 2.76. The van der Waals surface area contributed by atoms with Gasteiger partial charge in [-0.15, -0.1) is 10.2 Å². The third-order valence-electron chi connectivity index (χ3n) is 2.95. The van der Waals surface area contributed by atoms with Gasteiger partial charge in [-0.1, -0.05) is 17.4 Å². The largest absolute Gasteiger partial charge is 0.326 e. The van der Waals surface area contributed by atoms with Gasteiger partial charge in [0.05, 0.1) is 4.90 Å². The van der Waals surface area contributed by atoms with Crippen molar-refractivity contribution in [2.75, 3.05) is 4.72 Å². The highest BCUT2D eigenvalue weighted by Gasteiger charge is 2.20. The summed E-state index contributed by atoms with van der Waals surface area (Å²) in [5.74, 6) is 0. The molecule has 0 bridgehead atoms. The van der Waals surface area contributed by atoms with E-state index < -0.39 is 10.0 Å². The van der Waals surface area contributed by atoms with Gasteiger partial charge in [-0.25, -0.2) is 8.42 Å². The van der Waals surface area contributed by atoms with E-state index in [1.165, 1.54) is 11.3 Å². The fourth-order valence-electron chi connectivity index (χ4n) is 1.80. The predicted octanol–water partition coefficient (Wildman–Crippen LogP) is 1.72. The van der Waals surface area contributed by atoms with Gasteiger partial charge < -0.3 is 5.73 Å². The van der Waals surface area contributed by atoms with E-state index in [9.17, 15) is 8.42 Å². The summed E-state index contributed by atoms with van der Waals surface area (Å²) in [5, 5.41) is 8.53. The monoisotopic (exact) mass is 312 g/mol. The third kappa shape index (κ3) is 2.97. The van der Waals surface area contributed by atoms with E-state index in [0.717, 1.165) is 11.1 Å². The Morgan fingerprint density at radius 2 is 1.95 bits per heavy atom. The summed E-state index contributed by atoms with van der Waals surface area (Å²) in [6.45, 7) is 5.69. The second-order valence-electron chi connectivity index (χ2n) is 4.47. The Kier molecular flexibility index (Phi) is 4.07. The van der Waals surface area contributed by atoms with Crippen LogP contribution in [-0.4, -0.2) is 18.6 Å². The van der Waals surface area contributed by atoms with Crippen LogP contribution in [0.3, 0.4) is 0 Å². The van der Waals surface area contributed by atoms with Crippen molar-refractivity contribution >= 4 is 26.5 Å². The van der Waals surface area contributed by atoms with Crippen LogP contribution in [-0.2, 0) is 16.6 Å². The van der Waals surface area contributed by atoms with Gasteiger partial charge in [-0.2, -0.15) is 0 Å². The number of rotatable bonds is 4. The van der Waals surface area contributed by atoms with E-state index in [2.05, 4.69) is 14.9 Å². The summed E-state index contributed by atoms with van der Waals surface area (Å²) >= 11 is 1.19. The second kappa shape index (κ2) is 5.47. The first kappa shape index (κ1) is 14.9. The Morgan fingerprint density at radius 1 is 1.25 bits per heavy atom. The van der Waals surface area contributed by atoms with Gasteiger partial charge in [-0.05, 0) is 43.5 Å². The molecule has 8 heteroatoms. The van der Waals surface area contributed by atoms with Crippen molar-refractivity contribution in [1.82, 2.24) is 10.2 Å². The highest BCUT2D eigenvalue weighted by Crippen LogP contribution is 2.24. The molecule has 1 heterocycles. The lowest BCUT2D eigenvalue weighted by molar-refractivity contribution is 0.600. The van der Waals surface area contributed by atoms with Gasteiger partial charge in [0.2, 0.25) is 5.13 Å². The molecule has 6 nitrogen and oxygen atoms in total. The molecule has 0 aliphatic rings. The number of nitrogens with one attached hydrogen (secondary N) is 1. The van der Waals surface area contributed by atoms with Crippen LogP contribution in [0.15, 0.2) is 17.0 Å². The Morgan fingerprint density at radius 3 is 2.50 bits per heavy atom. The minimum atomic E-state index is -3.68. The van der Waals surface area contributed by atoms with Crippen molar-refractivity contribution in [1.29, 1.82) is 0 Å². The molecular weight excluding hydrogens is 296 g/mol. The van der Waals surface area contributed by atoms with E-state index in [1.807, 2.05) is 13.0 Å². The first-order valence-electron chi connectivity index (χ1n) is 5.96. The molecule has 0 unspecified atom stereocenters. The molecule has 108 valence electrons. The second-order valence-corrected chi connectivity index (χ2v) is 7.30. The van der Waals surface area contributed by atoms with E-state index in [1.54, 1.807) is 19.9 Å². The first-order valence-corrected chi connectivity index (χ1v) is 8.26. The van der Waals surface area contributed by atoms with Gasteiger partial charge in [0.1, 0.15) is 5.01 Å². The maximum Gasteiger partial charge on any atom is 0.263 e. The lowest BCUT2D eigenvalue weighted by Crippen LogP contribution is -2.15. The molecule has 1 aromatic heterocycles. The Bertz CT molecular complexity index is 738. The van der Waals surface area contributed by atoms with E-state index in [-0.39, 0.29) is 10.0 Å². The molecule has 1 aromatic carbocycles. The molecular formula is C12H16N4O2S2. The van der Waals surface area contributed by atoms with Crippen molar-refractivity contribution in [3.05, 3.63) is 33.8 Å². The van der Waals surface area contributed by atoms with Crippen molar-refractivity contribution < 1.29 is 8.42 Å². The fourth-order valence-corrected chi connectivity index (χ4v) is 3.99. The van der Waals surface area contributed by atoms with Gasteiger partial charge in [0.15, 0.2) is 0 Å². The molecule has 0 radical (unpaired) electrons. The fraction of sp³-hybridized carbons (Fsp3) is 0.333. The van der Waals surface area contributed by atoms with Gasteiger partial charge in [-0.3, -0.25) is 4.72 Å². The molecule has 0 aliphatic carbocycles. The molecule has 0 fully saturated rings. The zero-order valence-electron chi connectivity index (χ0n) is 11.5. The third-order valence-corrected chi connectivity index (χ3v) is 5.30. The molecule has 0 spiro atoms. The maximum absolute atomic E-state index is 12.4. The van der Waals surface area contributed by atoms with Crippen molar-refractivity contribution in [3.63, 3.8) is 0 Å². The standard InChI is InChI=1S/C12H16N4O2S2/c1-7-4-10(6-13)5-11(8(7)2)20(17,18)16-12-15-14-9(3)19-12/h4-5H,6,13H2,1-3H3,(H,15,16). The summed E-state index contributed by atoms with van der Waals surface area (Å²) in [4.78, 5) is 0.228. The number of nitrogens with two attached hydrogens (primary N) is 1. The Hall–Kier alpha value is -1.51. The summed E-state index contributed by atoms with van der Waals surface area (Å²) < 4.78 is 27.3. The average molecular weight is 312 g/mol. The van der Waals surface area contributed by atoms with Crippen LogP contribution in [0, 0.1) is 20.8 Å². The van der Waals surface area contributed by atoms with Crippen LogP contribution in [0.25, 0.3) is 0 Å². The minimum Gasteiger partial charge on any atom is -0.326 e. The molecule has 20 heavy (non-hydrogen) atoms. The first-order chi connectivity index (χ1) is 9.33. The van der Waals surface area contributed by atoms with Crippen LogP contribution < -0.4 is 10.5 Å². The zero-order chi connectivity index (χ0) is 14.9. The summed E-state index contributed by atoms with van der Waals surface area (Å²) in [6, 6.07) is 3.49. The highest BCUT2D eigenvalue weighted by atomic mass is 32.2. The zero-order valence-corrected chi connectivity index (χ0v) is 13.1. The highest BCUT2D eigenvalue weighted by molar-refractivity contribution is 7.93. The molecule has 0 atom stereocenters. The summed E-state index contributed by atoms with van der Waals surface area (Å²) in [5.41, 5.74) is 7.98. The van der Waals surface area contributed by atoms with E-state index in [4.69, 9.17) is 5.73 Å². The number of aryl methyl sites for hydroxylation is 2. The molecule has 3 N–H and O–H groups in total. The van der Waals surface area contributed by atoms with Crippen molar-refractivity contribution in [3.8, 4) is 0 Å². The quantitative estimate of drug-likeness (QED) is 0.896.